The molecule has 0 atom stereocenters. The number of aldehydes is 1. The number of rotatable bonds is 4. The van der Waals surface area contributed by atoms with Crippen molar-refractivity contribution in [3.05, 3.63) is 0 Å². The van der Waals surface area contributed by atoms with E-state index in [0.717, 1.165) is 51.9 Å². The number of carbonyl (C=O) groups is 2. The summed E-state index contributed by atoms with van der Waals surface area (Å²) in [6, 6.07) is 0. The minimum Gasteiger partial charge on any atom is -0.447 e. The number of hydrogen-bond donors (Lipinski definition) is 2. The molecular weight excluding hydrogens is 282 g/mol. The first-order valence-electron chi connectivity index (χ1n) is 8.35. The molecule has 0 aliphatic heterocycles. The van der Waals surface area contributed by atoms with Crippen LogP contribution in [0.25, 0.3) is 0 Å². The van der Waals surface area contributed by atoms with Gasteiger partial charge in [0.1, 0.15) is 6.29 Å². The quantitative estimate of drug-likeness (QED) is 0.781. The molecule has 130 valence electrons. The van der Waals surface area contributed by atoms with Gasteiger partial charge in [0.25, 0.3) is 0 Å². The van der Waals surface area contributed by atoms with E-state index in [0.29, 0.717) is 6.54 Å². The van der Waals surface area contributed by atoms with E-state index in [1.54, 1.807) is 0 Å². The summed E-state index contributed by atoms with van der Waals surface area (Å²) in [5.74, 6) is 0. The van der Waals surface area contributed by atoms with Gasteiger partial charge in [-0.3, -0.25) is 0 Å². The van der Waals surface area contributed by atoms with Crippen LogP contribution >= 0.6 is 0 Å². The van der Waals surface area contributed by atoms with Gasteiger partial charge in [-0.15, -0.1) is 0 Å². The molecule has 5 nitrogen and oxygen atoms in total. The summed E-state index contributed by atoms with van der Waals surface area (Å²) in [6.07, 6.45) is 6.86. The summed E-state index contributed by atoms with van der Waals surface area (Å²) >= 11 is 0. The topological polar surface area (TPSA) is 75.6 Å². The van der Waals surface area contributed by atoms with Gasteiger partial charge in [-0.25, -0.2) is 4.79 Å². The SMILES string of the molecule is CC.CC(C)OC(=O)NCC12CCC(C=O)(CC1)CC2.CO. The van der Waals surface area contributed by atoms with Gasteiger partial charge in [0.2, 0.25) is 0 Å². The molecule has 3 rings (SSSR count). The van der Waals surface area contributed by atoms with Crippen molar-refractivity contribution < 1.29 is 19.4 Å². The Kier molecular flexibility index (Phi) is 9.33. The maximum Gasteiger partial charge on any atom is 0.407 e. The molecule has 3 saturated carbocycles. The third-order valence-electron chi connectivity index (χ3n) is 4.66. The lowest BCUT2D eigenvalue weighted by atomic mass is 9.54. The molecule has 3 aliphatic carbocycles. The third-order valence-corrected chi connectivity index (χ3v) is 4.66. The maximum absolute atomic E-state index is 11.5. The largest absolute Gasteiger partial charge is 0.447 e. The molecule has 5 heteroatoms. The van der Waals surface area contributed by atoms with E-state index in [4.69, 9.17) is 9.84 Å². The molecule has 0 aromatic rings. The molecule has 2 N–H and O–H groups in total. The number of carbonyl (C=O) groups excluding carboxylic acids is 2. The zero-order valence-electron chi connectivity index (χ0n) is 14.8. The molecule has 0 aromatic carbocycles. The molecular formula is C17H33NO4. The molecule has 0 aromatic heterocycles. The zero-order valence-corrected chi connectivity index (χ0v) is 14.8. The van der Waals surface area contributed by atoms with Gasteiger partial charge in [-0.05, 0) is 57.8 Å². The molecule has 3 fully saturated rings. The van der Waals surface area contributed by atoms with Crippen molar-refractivity contribution in [2.45, 2.75) is 72.3 Å². The van der Waals surface area contributed by atoms with Gasteiger partial charge in [0, 0.05) is 19.1 Å². The summed E-state index contributed by atoms with van der Waals surface area (Å²) in [5.41, 5.74) is 0.168. The average molecular weight is 315 g/mol. The van der Waals surface area contributed by atoms with Crippen LogP contribution in [0.2, 0.25) is 0 Å². The number of nitrogens with one attached hydrogen (secondary N) is 1. The van der Waals surface area contributed by atoms with Crippen LogP contribution in [0.3, 0.4) is 0 Å². The van der Waals surface area contributed by atoms with Crippen LogP contribution in [-0.2, 0) is 9.53 Å². The van der Waals surface area contributed by atoms with Gasteiger partial charge in [-0.2, -0.15) is 0 Å². The first-order chi connectivity index (χ1) is 10.5. The van der Waals surface area contributed by atoms with E-state index >= 15 is 0 Å². The lowest BCUT2D eigenvalue weighted by molar-refractivity contribution is -0.124. The highest BCUT2D eigenvalue weighted by atomic mass is 16.6. The number of aliphatic hydroxyl groups is 1. The van der Waals surface area contributed by atoms with Crippen molar-refractivity contribution in [1.29, 1.82) is 0 Å². The lowest BCUT2D eigenvalue weighted by Crippen LogP contribution is -2.48. The van der Waals surface area contributed by atoms with E-state index in [9.17, 15) is 9.59 Å². The van der Waals surface area contributed by atoms with Crippen molar-refractivity contribution in [1.82, 2.24) is 5.32 Å². The highest BCUT2D eigenvalue weighted by molar-refractivity contribution is 5.67. The number of amides is 1. The summed E-state index contributed by atoms with van der Waals surface area (Å²) in [5, 5.41) is 9.88. The van der Waals surface area contributed by atoms with E-state index in [2.05, 4.69) is 5.32 Å². The predicted octanol–water partition coefficient (Wildman–Crippen LogP) is 3.30. The Balaban J connectivity index is 0.00000102. The molecule has 0 heterocycles. The zero-order chi connectivity index (χ0) is 17.2. The highest BCUT2D eigenvalue weighted by Crippen LogP contribution is 2.55. The summed E-state index contributed by atoms with van der Waals surface area (Å²) in [6.45, 7) is 8.38. The van der Waals surface area contributed by atoms with Crippen molar-refractivity contribution in [2.24, 2.45) is 10.8 Å². The molecule has 22 heavy (non-hydrogen) atoms. The second-order valence-corrected chi connectivity index (χ2v) is 6.29. The van der Waals surface area contributed by atoms with Crippen molar-refractivity contribution in [2.75, 3.05) is 13.7 Å². The van der Waals surface area contributed by atoms with E-state index in [1.807, 2.05) is 27.7 Å². The minimum absolute atomic E-state index is 0.0415. The second-order valence-electron chi connectivity index (χ2n) is 6.29. The van der Waals surface area contributed by atoms with Crippen molar-refractivity contribution in [3.8, 4) is 0 Å². The smallest absolute Gasteiger partial charge is 0.407 e. The highest BCUT2D eigenvalue weighted by Gasteiger charge is 2.48. The van der Waals surface area contributed by atoms with Crippen molar-refractivity contribution in [3.63, 3.8) is 0 Å². The Hall–Kier alpha value is -1.10. The number of hydrogen-bond acceptors (Lipinski definition) is 4. The van der Waals surface area contributed by atoms with Crippen LogP contribution in [-0.4, -0.2) is 37.2 Å². The van der Waals surface area contributed by atoms with Crippen LogP contribution in [0, 0.1) is 10.8 Å². The van der Waals surface area contributed by atoms with Gasteiger partial charge in [0.15, 0.2) is 0 Å². The fourth-order valence-electron chi connectivity index (χ4n) is 3.25. The predicted molar refractivity (Wildman–Crippen MR) is 87.7 cm³/mol. The molecule has 0 saturated heterocycles. The molecule has 3 aliphatic rings. The first-order valence-corrected chi connectivity index (χ1v) is 8.35. The standard InChI is InChI=1S/C14H23NO3.C2H6.CH4O/c1-11(2)18-12(17)15-9-13-3-6-14(10-16,7-4-13)8-5-13;2*1-2/h10-11H,3-9H2,1-2H3,(H,15,17);1-2H3;2H,1H3. The molecule has 1 amide bonds. The molecule has 0 unspecified atom stereocenters. The van der Waals surface area contributed by atoms with Crippen LogP contribution in [0.1, 0.15) is 66.2 Å². The molecule has 2 bridgehead atoms. The summed E-state index contributed by atoms with van der Waals surface area (Å²) < 4.78 is 5.08. The Morgan fingerprint density at radius 2 is 1.59 bits per heavy atom. The van der Waals surface area contributed by atoms with Gasteiger partial charge in [0.05, 0.1) is 6.10 Å². The number of alkyl carbamates (subject to hydrolysis) is 1. The number of ether oxygens (including phenoxy) is 1. The van der Waals surface area contributed by atoms with E-state index in [1.165, 1.54) is 0 Å². The van der Waals surface area contributed by atoms with Gasteiger partial charge < -0.3 is 20.0 Å². The van der Waals surface area contributed by atoms with Crippen LogP contribution in [0.5, 0.6) is 0 Å². The Morgan fingerprint density at radius 1 is 1.14 bits per heavy atom. The number of fused-ring (bicyclic) bond motifs is 3. The third kappa shape index (κ3) is 5.59. The minimum atomic E-state index is -0.322. The first kappa shape index (κ1) is 20.9. The van der Waals surface area contributed by atoms with Crippen LogP contribution < -0.4 is 5.32 Å². The lowest BCUT2D eigenvalue weighted by Gasteiger charge is -2.51. The maximum atomic E-state index is 11.5. The number of aliphatic hydroxyl groups excluding tert-OH is 1. The van der Waals surface area contributed by atoms with E-state index in [-0.39, 0.29) is 23.0 Å². The van der Waals surface area contributed by atoms with Gasteiger partial charge >= 0.3 is 6.09 Å². The van der Waals surface area contributed by atoms with Gasteiger partial charge in [-0.1, -0.05) is 13.8 Å². The second kappa shape index (κ2) is 9.82. The molecule has 0 spiro atoms. The van der Waals surface area contributed by atoms with Crippen molar-refractivity contribution >= 4 is 12.4 Å². The summed E-state index contributed by atoms with van der Waals surface area (Å²) in [7, 11) is 1.00. The fourth-order valence-corrected chi connectivity index (χ4v) is 3.25. The average Bonchev–Trinajstić information content (AvgIpc) is 2.58. The Morgan fingerprint density at radius 3 is 1.95 bits per heavy atom. The van der Waals surface area contributed by atoms with Crippen LogP contribution in [0.4, 0.5) is 4.79 Å². The van der Waals surface area contributed by atoms with Crippen LogP contribution in [0.15, 0.2) is 0 Å². The van der Waals surface area contributed by atoms with E-state index < -0.39 is 0 Å². The Labute approximate surface area is 134 Å². The monoisotopic (exact) mass is 315 g/mol. The molecule has 0 radical (unpaired) electrons. The summed E-state index contributed by atoms with van der Waals surface area (Å²) in [4.78, 5) is 22.6. The Bertz CT molecular complexity index is 317. The fraction of sp³-hybridized carbons (Fsp3) is 0.882. The normalized spacial score (nSPS) is 28.7.